The van der Waals surface area contributed by atoms with Crippen LogP contribution in [-0.4, -0.2) is 57.8 Å². The minimum absolute atomic E-state index is 0.0799. The first-order valence-corrected chi connectivity index (χ1v) is 10.4. The van der Waals surface area contributed by atoms with Gasteiger partial charge in [0.25, 0.3) is 0 Å². The molecule has 2 aromatic carbocycles. The lowest BCUT2D eigenvalue weighted by Gasteiger charge is -2.24. The zero-order valence-corrected chi connectivity index (χ0v) is 18.6. The van der Waals surface area contributed by atoms with Gasteiger partial charge in [-0.15, -0.1) is 0 Å². The Bertz CT molecular complexity index is 852. The van der Waals surface area contributed by atoms with E-state index >= 15 is 0 Å². The lowest BCUT2D eigenvalue weighted by Crippen LogP contribution is -2.18. The number of aliphatic hydroxyl groups excluding tert-OH is 1. The topological polar surface area (TPSA) is 60.4 Å². The van der Waals surface area contributed by atoms with Crippen molar-refractivity contribution in [1.82, 2.24) is 4.90 Å². The average Bonchev–Trinajstić information content (AvgIpc) is 3.19. The van der Waals surface area contributed by atoms with Gasteiger partial charge in [-0.3, -0.25) is 0 Å². The lowest BCUT2D eigenvalue weighted by molar-refractivity contribution is 0.155. The molecular formula is C24H33NO5. The molecule has 0 saturated carbocycles. The van der Waals surface area contributed by atoms with E-state index < -0.39 is 6.10 Å². The van der Waals surface area contributed by atoms with Crippen LogP contribution in [0.2, 0.25) is 0 Å². The van der Waals surface area contributed by atoms with Gasteiger partial charge in [0.2, 0.25) is 12.5 Å². The van der Waals surface area contributed by atoms with E-state index in [1.165, 1.54) is 5.56 Å². The smallest absolute Gasteiger partial charge is 0.231 e. The molecule has 2 aromatic rings. The summed E-state index contributed by atoms with van der Waals surface area (Å²) < 4.78 is 22.5. The maximum absolute atomic E-state index is 10.9. The Balaban J connectivity index is 1.85. The first-order chi connectivity index (χ1) is 14.4. The van der Waals surface area contributed by atoms with Gasteiger partial charge in [0.05, 0.1) is 20.3 Å². The van der Waals surface area contributed by atoms with Crippen molar-refractivity contribution in [2.24, 2.45) is 0 Å². The molecular weight excluding hydrogens is 382 g/mol. The van der Waals surface area contributed by atoms with Crippen LogP contribution in [0.4, 0.5) is 0 Å². The van der Waals surface area contributed by atoms with E-state index in [0.717, 1.165) is 41.3 Å². The van der Waals surface area contributed by atoms with Crippen LogP contribution < -0.4 is 18.9 Å². The van der Waals surface area contributed by atoms with Crippen LogP contribution in [0.3, 0.4) is 0 Å². The summed E-state index contributed by atoms with van der Waals surface area (Å²) in [6.07, 6.45) is 1.49. The molecule has 6 nitrogen and oxygen atoms in total. The molecule has 1 heterocycles. The van der Waals surface area contributed by atoms with E-state index in [9.17, 15) is 5.11 Å². The third kappa shape index (κ3) is 4.99. The van der Waals surface area contributed by atoms with Crippen molar-refractivity contribution in [2.75, 3.05) is 41.7 Å². The summed E-state index contributed by atoms with van der Waals surface area (Å²) in [4.78, 5) is 2.15. The number of rotatable bonds is 10. The number of likely N-dealkylation sites (N-methyl/N-ethyl adjacent to an activating group) is 1. The maximum atomic E-state index is 10.9. The second-order valence-electron chi connectivity index (χ2n) is 8.08. The Kier molecular flexibility index (Phi) is 7.45. The minimum atomic E-state index is -0.506. The van der Waals surface area contributed by atoms with Crippen molar-refractivity contribution in [2.45, 2.75) is 38.2 Å². The van der Waals surface area contributed by atoms with Gasteiger partial charge >= 0.3 is 0 Å². The average molecular weight is 416 g/mol. The molecule has 2 unspecified atom stereocenters. The van der Waals surface area contributed by atoms with Crippen LogP contribution >= 0.6 is 0 Å². The molecule has 0 bridgehead atoms. The number of hydrogen-bond acceptors (Lipinski definition) is 6. The molecule has 1 aliphatic heterocycles. The highest BCUT2D eigenvalue weighted by atomic mass is 16.7. The Morgan fingerprint density at radius 3 is 2.57 bits per heavy atom. The summed E-state index contributed by atoms with van der Waals surface area (Å²) in [7, 11) is 7.44. The van der Waals surface area contributed by atoms with E-state index in [1.54, 1.807) is 14.2 Å². The minimum Gasteiger partial charge on any atom is -0.496 e. The van der Waals surface area contributed by atoms with Crippen molar-refractivity contribution >= 4 is 0 Å². The second kappa shape index (κ2) is 10.0. The fourth-order valence-electron chi connectivity index (χ4n) is 4.11. The summed E-state index contributed by atoms with van der Waals surface area (Å²) >= 11 is 0. The molecule has 164 valence electrons. The maximum Gasteiger partial charge on any atom is 0.231 e. The third-order valence-electron chi connectivity index (χ3n) is 5.54. The number of methoxy groups -OCH3 is 2. The normalized spacial score (nSPS) is 14.6. The van der Waals surface area contributed by atoms with Crippen LogP contribution in [-0.2, 0) is 12.8 Å². The number of aliphatic hydroxyl groups is 1. The number of para-hydroxylation sites is 1. The lowest BCUT2D eigenvalue weighted by atomic mass is 9.87. The molecule has 1 N–H and O–H groups in total. The first-order valence-electron chi connectivity index (χ1n) is 10.4. The molecule has 30 heavy (non-hydrogen) atoms. The summed E-state index contributed by atoms with van der Waals surface area (Å²) in [5.41, 5.74) is 3.26. The third-order valence-corrected chi connectivity index (χ3v) is 5.54. The van der Waals surface area contributed by atoms with Crippen LogP contribution in [0.1, 0.15) is 36.0 Å². The summed E-state index contributed by atoms with van der Waals surface area (Å²) in [5.74, 6) is 2.99. The standard InChI is InChI=1S/C24H33NO5/c1-16(12-19(26)13-17-8-6-7-9-20(17)27-4)22-18(10-11-25(2)3)14-21-23(24(22)28-5)30-15-29-21/h6-9,14,16,19,26H,10-13,15H2,1-5H3. The molecule has 0 spiro atoms. The van der Waals surface area contributed by atoms with Gasteiger partial charge in [-0.2, -0.15) is 0 Å². The van der Waals surface area contributed by atoms with Gasteiger partial charge in [0.1, 0.15) is 5.75 Å². The van der Waals surface area contributed by atoms with Crippen molar-refractivity contribution in [3.63, 3.8) is 0 Å². The summed E-state index contributed by atoms with van der Waals surface area (Å²) in [6.45, 7) is 3.24. The molecule has 6 heteroatoms. The van der Waals surface area contributed by atoms with Crippen LogP contribution in [0.5, 0.6) is 23.0 Å². The van der Waals surface area contributed by atoms with Gasteiger partial charge < -0.3 is 29.0 Å². The monoisotopic (exact) mass is 415 g/mol. The number of hydrogen-bond donors (Lipinski definition) is 1. The molecule has 0 aromatic heterocycles. The van der Waals surface area contributed by atoms with Crippen molar-refractivity contribution in [3.8, 4) is 23.0 Å². The Morgan fingerprint density at radius 2 is 1.87 bits per heavy atom. The highest BCUT2D eigenvalue weighted by Gasteiger charge is 2.28. The molecule has 0 radical (unpaired) electrons. The van der Waals surface area contributed by atoms with E-state index in [2.05, 4.69) is 32.0 Å². The highest BCUT2D eigenvalue weighted by Crippen LogP contribution is 2.48. The van der Waals surface area contributed by atoms with Gasteiger partial charge in [0.15, 0.2) is 11.5 Å². The molecule has 2 atom stereocenters. The molecule has 0 aliphatic carbocycles. The van der Waals surface area contributed by atoms with Gasteiger partial charge in [-0.05, 0) is 56.1 Å². The largest absolute Gasteiger partial charge is 0.496 e. The molecule has 0 amide bonds. The zero-order valence-electron chi connectivity index (χ0n) is 18.6. The molecule has 1 aliphatic rings. The van der Waals surface area contributed by atoms with Crippen molar-refractivity contribution in [3.05, 3.63) is 47.0 Å². The molecule has 3 rings (SSSR count). The predicted molar refractivity (Wildman–Crippen MR) is 117 cm³/mol. The number of nitrogens with zero attached hydrogens (tertiary/aromatic N) is 1. The van der Waals surface area contributed by atoms with E-state index in [4.69, 9.17) is 18.9 Å². The Hall–Kier alpha value is -2.44. The van der Waals surface area contributed by atoms with Crippen LogP contribution in [0, 0.1) is 0 Å². The van der Waals surface area contributed by atoms with E-state index in [0.29, 0.717) is 18.6 Å². The highest BCUT2D eigenvalue weighted by molar-refractivity contribution is 5.61. The van der Waals surface area contributed by atoms with Crippen molar-refractivity contribution < 1.29 is 24.1 Å². The van der Waals surface area contributed by atoms with E-state index in [1.807, 2.05) is 24.3 Å². The van der Waals surface area contributed by atoms with Gasteiger partial charge in [-0.25, -0.2) is 0 Å². The molecule has 0 fully saturated rings. The van der Waals surface area contributed by atoms with Crippen LogP contribution in [0.15, 0.2) is 30.3 Å². The summed E-state index contributed by atoms with van der Waals surface area (Å²) in [5, 5.41) is 10.9. The Morgan fingerprint density at radius 1 is 1.10 bits per heavy atom. The summed E-state index contributed by atoms with van der Waals surface area (Å²) in [6, 6.07) is 9.88. The SMILES string of the molecule is COc1ccccc1CC(O)CC(C)c1c(CCN(C)C)cc2c(c1OC)OCO2. The van der Waals surface area contributed by atoms with Crippen LogP contribution in [0.25, 0.3) is 0 Å². The second-order valence-corrected chi connectivity index (χ2v) is 8.08. The quantitative estimate of drug-likeness (QED) is 0.639. The number of ether oxygens (including phenoxy) is 4. The number of fused-ring (bicyclic) bond motifs is 1. The Labute approximate surface area is 179 Å². The zero-order chi connectivity index (χ0) is 21.7. The van der Waals surface area contributed by atoms with Gasteiger partial charge in [-0.1, -0.05) is 25.1 Å². The molecule has 0 saturated heterocycles. The fourth-order valence-corrected chi connectivity index (χ4v) is 4.11. The predicted octanol–water partition coefficient (Wildman–Crippen LogP) is 3.63. The van der Waals surface area contributed by atoms with E-state index in [-0.39, 0.29) is 12.7 Å². The fraction of sp³-hybridized carbons (Fsp3) is 0.500. The van der Waals surface area contributed by atoms with Crippen molar-refractivity contribution in [1.29, 1.82) is 0 Å². The first kappa shape index (κ1) is 22.2. The van der Waals surface area contributed by atoms with Gasteiger partial charge in [0, 0.05) is 18.5 Å². The number of benzene rings is 2.